The zero-order valence-corrected chi connectivity index (χ0v) is 13.0. The molecule has 1 atom stereocenters. The van der Waals surface area contributed by atoms with E-state index in [1.54, 1.807) is 6.07 Å². The molecule has 2 heterocycles. The lowest BCUT2D eigenvalue weighted by molar-refractivity contribution is -0.141. The molecule has 1 aliphatic heterocycles. The van der Waals surface area contributed by atoms with Gasteiger partial charge in [0, 0.05) is 19.2 Å². The molecule has 0 bridgehead atoms. The maximum absolute atomic E-state index is 12.2. The van der Waals surface area contributed by atoms with E-state index < -0.39 is 5.97 Å². The lowest BCUT2D eigenvalue weighted by Gasteiger charge is -2.31. The van der Waals surface area contributed by atoms with E-state index in [1.807, 2.05) is 36.1 Å². The van der Waals surface area contributed by atoms with Gasteiger partial charge in [-0.15, -0.1) is 5.10 Å². The Kier molecular flexibility index (Phi) is 4.14. The molecule has 1 N–H and O–H groups in total. The molecule has 1 unspecified atom stereocenters. The summed E-state index contributed by atoms with van der Waals surface area (Å²) in [5, 5.41) is 13.7. The highest BCUT2D eigenvalue weighted by atomic mass is 16.4. The molecule has 1 aromatic carbocycles. The fraction of sp³-hybridized carbons (Fsp3) is 0.353. The van der Waals surface area contributed by atoms with Gasteiger partial charge < -0.3 is 10.0 Å². The lowest BCUT2D eigenvalue weighted by Crippen LogP contribution is -2.40. The predicted molar refractivity (Wildman–Crippen MR) is 87.1 cm³/mol. The summed E-state index contributed by atoms with van der Waals surface area (Å²) in [5.41, 5.74) is 1.50. The molecule has 1 saturated heterocycles. The van der Waals surface area contributed by atoms with Gasteiger partial charge in [-0.05, 0) is 37.5 Å². The number of carboxylic acids is 1. The summed E-state index contributed by atoms with van der Waals surface area (Å²) in [5.74, 6) is -0.523. The van der Waals surface area contributed by atoms with Gasteiger partial charge in [-0.25, -0.2) is 0 Å². The van der Waals surface area contributed by atoms with Crippen molar-refractivity contribution in [2.75, 3.05) is 18.0 Å². The van der Waals surface area contributed by atoms with Crippen molar-refractivity contribution in [3.8, 4) is 5.69 Å². The van der Waals surface area contributed by atoms with Crippen LogP contribution in [0.5, 0.6) is 0 Å². The van der Waals surface area contributed by atoms with Gasteiger partial charge >= 0.3 is 5.97 Å². The van der Waals surface area contributed by atoms with Crippen molar-refractivity contribution in [3.63, 3.8) is 0 Å². The number of aromatic nitrogens is 2. The number of anilines is 1. The summed E-state index contributed by atoms with van der Waals surface area (Å²) in [6, 6.07) is 10.7. The van der Waals surface area contributed by atoms with Crippen LogP contribution in [0.25, 0.3) is 5.69 Å². The summed E-state index contributed by atoms with van der Waals surface area (Å²) in [7, 11) is 0. The zero-order valence-electron chi connectivity index (χ0n) is 13.0. The van der Waals surface area contributed by atoms with E-state index in [4.69, 9.17) is 0 Å². The van der Waals surface area contributed by atoms with E-state index in [9.17, 15) is 14.7 Å². The molecule has 0 aliphatic carbocycles. The highest BCUT2D eigenvalue weighted by molar-refractivity contribution is 5.71. The number of para-hydroxylation sites is 1. The van der Waals surface area contributed by atoms with Crippen LogP contribution < -0.4 is 10.5 Å². The summed E-state index contributed by atoms with van der Waals surface area (Å²) in [4.78, 5) is 25.3. The molecule has 0 radical (unpaired) electrons. The number of aryl methyl sites for hydroxylation is 1. The molecule has 1 aromatic heterocycles. The van der Waals surface area contributed by atoms with Gasteiger partial charge in [0.05, 0.1) is 11.6 Å². The topological polar surface area (TPSA) is 75.4 Å². The Morgan fingerprint density at radius 2 is 2.04 bits per heavy atom. The van der Waals surface area contributed by atoms with Crippen LogP contribution in [-0.4, -0.2) is 33.9 Å². The van der Waals surface area contributed by atoms with Crippen LogP contribution in [0.4, 0.5) is 5.82 Å². The van der Waals surface area contributed by atoms with Crippen LogP contribution in [0, 0.1) is 12.8 Å². The summed E-state index contributed by atoms with van der Waals surface area (Å²) >= 11 is 0. The third-order valence-corrected chi connectivity index (χ3v) is 4.22. The Balaban J connectivity index is 1.96. The van der Waals surface area contributed by atoms with Crippen molar-refractivity contribution in [2.45, 2.75) is 19.8 Å². The first-order valence-corrected chi connectivity index (χ1v) is 7.70. The molecule has 0 amide bonds. The number of rotatable bonds is 3. The molecule has 0 saturated carbocycles. The predicted octanol–water partition coefficient (Wildman–Crippen LogP) is 1.84. The van der Waals surface area contributed by atoms with Gasteiger partial charge in [-0.3, -0.25) is 9.59 Å². The van der Waals surface area contributed by atoms with Crippen molar-refractivity contribution in [3.05, 3.63) is 52.3 Å². The molecular weight excluding hydrogens is 294 g/mol. The second-order valence-electron chi connectivity index (χ2n) is 5.85. The molecule has 120 valence electrons. The number of nitrogens with zero attached hydrogens (tertiary/aromatic N) is 3. The Hall–Kier alpha value is -2.63. The van der Waals surface area contributed by atoms with Crippen LogP contribution in [0.1, 0.15) is 18.4 Å². The minimum absolute atomic E-state index is 0.199. The molecule has 1 fully saturated rings. The number of carbonyl (C=O) groups is 1. The van der Waals surface area contributed by atoms with E-state index >= 15 is 0 Å². The van der Waals surface area contributed by atoms with Crippen molar-refractivity contribution < 1.29 is 9.90 Å². The lowest BCUT2D eigenvalue weighted by atomic mass is 9.98. The average molecular weight is 313 g/mol. The summed E-state index contributed by atoms with van der Waals surface area (Å²) in [6.45, 7) is 3.11. The molecule has 3 rings (SSSR count). The maximum Gasteiger partial charge on any atom is 0.308 e. The number of hydrogen-bond donors (Lipinski definition) is 1. The van der Waals surface area contributed by atoms with E-state index in [1.165, 1.54) is 10.7 Å². The van der Waals surface area contributed by atoms with Crippen molar-refractivity contribution in [2.24, 2.45) is 5.92 Å². The number of benzene rings is 1. The smallest absolute Gasteiger partial charge is 0.308 e. The first kappa shape index (κ1) is 15.3. The van der Waals surface area contributed by atoms with Crippen LogP contribution >= 0.6 is 0 Å². The minimum atomic E-state index is -0.776. The monoisotopic (exact) mass is 313 g/mol. The average Bonchev–Trinajstić information content (AvgIpc) is 2.56. The van der Waals surface area contributed by atoms with Crippen LogP contribution in [0.3, 0.4) is 0 Å². The molecule has 6 nitrogen and oxygen atoms in total. The van der Waals surface area contributed by atoms with E-state index in [2.05, 4.69) is 5.10 Å². The Morgan fingerprint density at radius 3 is 2.78 bits per heavy atom. The number of aliphatic carboxylic acids is 1. The van der Waals surface area contributed by atoms with Gasteiger partial charge in [-0.2, -0.15) is 4.68 Å². The number of piperidine rings is 1. The molecule has 0 spiro atoms. The van der Waals surface area contributed by atoms with Crippen LogP contribution in [-0.2, 0) is 4.79 Å². The van der Waals surface area contributed by atoms with Gasteiger partial charge in [-0.1, -0.05) is 18.2 Å². The van der Waals surface area contributed by atoms with Crippen LogP contribution in [0.2, 0.25) is 0 Å². The van der Waals surface area contributed by atoms with E-state index in [0.717, 1.165) is 24.2 Å². The summed E-state index contributed by atoms with van der Waals surface area (Å²) in [6.07, 6.45) is 1.49. The first-order valence-electron chi connectivity index (χ1n) is 7.70. The molecular formula is C17H19N3O3. The third kappa shape index (κ3) is 3.11. The minimum Gasteiger partial charge on any atom is -0.481 e. The van der Waals surface area contributed by atoms with Crippen molar-refractivity contribution >= 4 is 11.8 Å². The number of hydrogen-bond acceptors (Lipinski definition) is 4. The third-order valence-electron chi connectivity index (χ3n) is 4.22. The van der Waals surface area contributed by atoms with Gasteiger partial charge in [0.1, 0.15) is 5.82 Å². The normalized spacial score (nSPS) is 18.0. The fourth-order valence-corrected chi connectivity index (χ4v) is 2.93. The SMILES string of the molecule is Cc1ccccc1-n1nc(N2CCCC(C(=O)O)C2)ccc1=O. The fourth-order valence-electron chi connectivity index (χ4n) is 2.93. The number of carboxylic acid groups (broad SMARTS) is 1. The van der Waals surface area contributed by atoms with Crippen molar-refractivity contribution in [1.82, 2.24) is 9.78 Å². The second-order valence-corrected chi connectivity index (χ2v) is 5.85. The Morgan fingerprint density at radius 1 is 1.26 bits per heavy atom. The highest BCUT2D eigenvalue weighted by Gasteiger charge is 2.26. The van der Waals surface area contributed by atoms with Gasteiger partial charge in [0.2, 0.25) is 0 Å². The van der Waals surface area contributed by atoms with Crippen LogP contribution in [0.15, 0.2) is 41.2 Å². The summed E-state index contributed by atoms with van der Waals surface area (Å²) < 4.78 is 1.38. The molecule has 23 heavy (non-hydrogen) atoms. The van der Waals surface area contributed by atoms with E-state index in [-0.39, 0.29) is 11.5 Å². The first-order chi connectivity index (χ1) is 11.1. The van der Waals surface area contributed by atoms with Gasteiger partial charge in [0.15, 0.2) is 0 Å². The molecule has 6 heteroatoms. The standard InChI is InChI=1S/C17H19N3O3/c1-12-5-2-3-7-14(12)20-16(21)9-8-15(18-20)19-10-4-6-13(11-19)17(22)23/h2-3,5,7-9,13H,4,6,10-11H2,1H3,(H,22,23). The van der Waals surface area contributed by atoms with E-state index in [0.29, 0.717) is 18.8 Å². The zero-order chi connectivity index (χ0) is 16.4. The largest absolute Gasteiger partial charge is 0.481 e. The molecule has 1 aliphatic rings. The maximum atomic E-state index is 12.2. The Bertz CT molecular complexity index is 785. The quantitative estimate of drug-likeness (QED) is 0.936. The second kappa shape index (κ2) is 6.24. The Labute approximate surface area is 134 Å². The van der Waals surface area contributed by atoms with Crippen molar-refractivity contribution in [1.29, 1.82) is 0 Å². The van der Waals surface area contributed by atoms with Gasteiger partial charge in [0.25, 0.3) is 5.56 Å². The highest BCUT2D eigenvalue weighted by Crippen LogP contribution is 2.21. The molecule has 2 aromatic rings.